The van der Waals surface area contributed by atoms with Crippen molar-refractivity contribution in [1.29, 1.82) is 0 Å². The number of anilines is 3. The number of carbonyl (C=O) groups is 1. The first-order valence-corrected chi connectivity index (χ1v) is 13.0. The van der Waals surface area contributed by atoms with Gasteiger partial charge in [-0.05, 0) is 72.5 Å². The van der Waals surface area contributed by atoms with E-state index < -0.39 is 0 Å². The van der Waals surface area contributed by atoms with Crippen LogP contribution in [0, 0.1) is 5.92 Å². The minimum absolute atomic E-state index is 0.109. The maximum Gasteiger partial charge on any atom is 0.227 e. The Balaban J connectivity index is 1.38. The van der Waals surface area contributed by atoms with Crippen LogP contribution in [0.1, 0.15) is 24.0 Å². The van der Waals surface area contributed by atoms with Crippen LogP contribution in [0.2, 0.25) is 0 Å². The number of benzene rings is 2. The van der Waals surface area contributed by atoms with Crippen LogP contribution in [-0.4, -0.2) is 29.5 Å². The minimum atomic E-state index is 0.109. The highest BCUT2D eigenvalue weighted by molar-refractivity contribution is 7.99. The third kappa shape index (κ3) is 5.88. The lowest BCUT2D eigenvalue weighted by atomic mass is 10.00. The van der Waals surface area contributed by atoms with Crippen molar-refractivity contribution in [3.63, 3.8) is 0 Å². The van der Waals surface area contributed by atoms with E-state index in [0.717, 1.165) is 54.6 Å². The Labute approximate surface area is 216 Å². The number of rotatable bonds is 9. The third-order valence-corrected chi connectivity index (χ3v) is 7.12. The number of nitrogens with one attached hydrogen (secondary N) is 3. The second-order valence-corrected chi connectivity index (χ2v) is 9.96. The first kappa shape index (κ1) is 23.9. The molecule has 3 aromatic rings. The molecule has 1 aliphatic carbocycles. The quantitative estimate of drug-likeness (QED) is 0.276. The molecule has 36 heavy (non-hydrogen) atoms. The van der Waals surface area contributed by atoms with Crippen LogP contribution < -0.4 is 20.9 Å². The Bertz CT molecular complexity index is 1290. The summed E-state index contributed by atoms with van der Waals surface area (Å²) in [5.74, 6) is 2.67. The Kier molecular flexibility index (Phi) is 7.23. The Hall–Kier alpha value is -3.78. The molecule has 0 atom stereocenters. The fourth-order valence-electron chi connectivity index (χ4n) is 4.12. The molecule has 1 saturated carbocycles. The number of amides is 1. The van der Waals surface area contributed by atoms with E-state index in [1.807, 2.05) is 43.5 Å². The van der Waals surface area contributed by atoms with Crippen LogP contribution in [0.15, 0.2) is 89.2 Å². The SMILES string of the molecule is C=C/C=C(\NC)Nc1cc(N2CCc3ccccc3C2)nc(Sc2ccc(NC(=O)C3CC3)cc2)n1. The molecule has 2 aliphatic rings. The standard InChI is InChI=1S/C28H30N6OS/c1-3-6-24(29-2)31-25-17-26(34-16-15-19-7-4-5-8-21(19)18-34)33-28(32-25)36-23-13-11-22(12-14-23)30-27(35)20-9-10-20/h3-8,11-14,17,20,29H,1,9-10,15-16,18H2,2H3,(H,30,35)(H,31,32,33)/b24-6+. The van der Waals surface area contributed by atoms with Crippen molar-refractivity contribution in [3.05, 3.63) is 90.3 Å². The number of allylic oxidation sites excluding steroid dienone is 2. The van der Waals surface area contributed by atoms with Crippen molar-refractivity contribution in [2.75, 3.05) is 29.1 Å². The molecule has 1 fully saturated rings. The Morgan fingerprint density at radius 3 is 2.58 bits per heavy atom. The first-order chi connectivity index (χ1) is 17.6. The van der Waals surface area contributed by atoms with E-state index in [1.54, 1.807) is 6.08 Å². The van der Waals surface area contributed by atoms with Gasteiger partial charge in [-0.1, -0.05) is 36.9 Å². The molecular weight excluding hydrogens is 468 g/mol. The molecule has 5 rings (SSSR count). The van der Waals surface area contributed by atoms with Crippen molar-refractivity contribution in [1.82, 2.24) is 15.3 Å². The minimum Gasteiger partial charge on any atom is -0.375 e. The topological polar surface area (TPSA) is 82.2 Å². The molecule has 1 aromatic heterocycles. The van der Waals surface area contributed by atoms with Gasteiger partial charge in [0.1, 0.15) is 17.5 Å². The largest absolute Gasteiger partial charge is 0.375 e. The van der Waals surface area contributed by atoms with Gasteiger partial charge in [-0.3, -0.25) is 4.79 Å². The zero-order valence-corrected chi connectivity index (χ0v) is 21.1. The van der Waals surface area contributed by atoms with E-state index in [9.17, 15) is 4.79 Å². The lowest BCUT2D eigenvalue weighted by molar-refractivity contribution is -0.117. The zero-order chi connectivity index (χ0) is 24.9. The summed E-state index contributed by atoms with van der Waals surface area (Å²) in [6.07, 6.45) is 6.55. The predicted molar refractivity (Wildman–Crippen MR) is 146 cm³/mol. The smallest absolute Gasteiger partial charge is 0.227 e. The molecule has 2 aromatic carbocycles. The van der Waals surface area contributed by atoms with Gasteiger partial charge in [-0.2, -0.15) is 0 Å². The number of hydrogen-bond donors (Lipinski definition) is 3. The molecule has 8 heteroatoms. The van der Waals surface area contributed by atoms with Crippen LogP contribution in [0.4, 0.5) is 17.3 Å². The van der Waals surface area contributed by atoms with Gasteiger partial charge < -0.3 is 20.9 Å². The summed E-state index contributed by atoms with van der Waals surface area (Å²) < 4.78 is 0. The summed E-state index contributed by atoms with van der Waals surface area (Å²) >= 11 is 1.50. The molecule has 184 valence electrons. The normalized spacial score (nSPS) is 15.1. The monoisotopic (exact) mass is 498 g/mol. The van der Waals surface area contributed by atoms with E-state index in [2.05, 4.69) is 51.7 Å². The first-order valence-electron chi connectivity index (χ1n) is 12.2. The van der Waals surface area contributed by atoms with Crippen LogP contribution in [-0.2, 0) is 17.8 Å². The molecule has 0 spiro atoms. The lowest BCUT2D eigenvalue weighted by Gasteiger charge is -2.30. The average molecular weight is 499 g/mol. The highest BCUT2D eigenvalue weighted by Gasteiger charge is 2.29. The fraction of sp³-hybridized carbons (Fsp3) is 0.250. The van der Waals surface area contributed by atoms with Gasteiger partial charge in [-0.25, -0.2) is 9.97 Å². The summed E-state index contributed by atoms with van der Waals surface area (Å²) in [6.45, 7) is 5.50. The van der Waals surface area contributed by atoms with Gasteiger partial charge in [0.25, 0.3) is 0 Å². The second kappa shape index (κ2) is 10.9. The van der Waals surface area contributed by atoms with E-state index >= 15 is 0 Å². The highest BCUT2D eigenvalue weighted by atomic mass is 32.2. The van der Waals surface area contributed by atoms with Gasteiger partial charge in [0, 0.05) is 42.7 Å². The van der Waals surface area contributed by atoms with Crippen molar-refractivity contribution in [2.24, 2.45) is 5.92 Å². The predicted octanol–water partition coefficient (Wildman–Crippen LogP) is 5.20. The number of fused-ring (bicyclic) bond motifs is 1. The highest BCUT2D eigenvalue weighted by Crippen LogP contribution is 2.32. The number of carbonyl (C=O) groups excluding carboxylic acids is 1. The Morgan fingerprint density at radius 1 is 1.08 bits per heavy atom. The summed E-state index contributed by atoms with van der Waals surface area (Å²) in [5, 5.41) is 10.1. The summed E-state index contributed by atoms with van der Waals surface area (Å²) in [7, 11) is 1.85. The molecule has 2 heterocycles. The van der Waals surface area contributed by atoms with E-state index in [4.69, 9.17) is 9.97 Å². The molecule has 1 amide bonds. The summed E-state index contributed by atoms with van der Waals surface area (Å²) in [4.78, 5) is 25.0. The maximum atomic E-state index is 12.0. The number of hydrogen-bond acceptors (Lipinski definition) is 7. The van der Waals surface area contributed by atoms with Gasteiger partial charge in [0.05, 0.1) is 0 Å². The Morgan fingerprint density at radius 2 is 1.86 bits per heavy atom. The fourth-order valence-corrected chi connectivity index (χ4v) is 4.89. The number of aromatic nitrogens is 2. The molecule has 0 radical (unpaired) electrons. The summed E-state index contributed by atoms with van der Waals surface area (Å²) in [6, 6.07) is 18.4. The van der Waals surface area contributed by atoms with Gasteiger partial charge in [0.15, 0.2) is 5.16 Å². The maximum absolute atomic E-state index is 12.0. The van der Waals surface area contributed by atoms with Gasteiger partial charge in [0.2, 0.25) is 5.91 Å². The average Bonchev–Trinajstić information content (AvgIpc) is 3.75. The van der Waals surface area contributed by atoms with Crippen molar-refractivity contribution >= 4 is 35.0 Å². The van der Waals surface area contributed by atoms with Gasteiger partial charge >= 0.3 is 0 Å². The van der Waals surface area contributed by atoms with E-state index in [0.29, 0.717) is 11.0 Å². The molecule has 0 bridgehead atoms. The lowest BCUT2D eigenvalue weighted by Crippen LogP contribution is -2.31. The van der Waals surface area contributed by atoms with Crippen LogP contribution in [0.25, 0.3) is 0 Å². The van der Waals surface area contributed by atoms with Crippen LogP contribution in [0.3, 0.4) is 0 Å². The second-order valence-electron chi connectivity index (χ2n) is 8.92. The summed E-state index contributed by atoms with van der Waals surface area (Å²) in [5.41, 5.74) is 3.54. The van der Waals surface area contributed by atoms with Crippen molar-refractivity contribution in [2.45, 2.75) is 35.9 Å². The van der Waals surface area contributed by atoms with Crippen LogP contribution in [0.5, 0.6) is 0 Å². The zero-order valence-electron chi connectivity index (χ0n) is 20.3. The molecule has 0 unspecified atom stereocenters. The van der Waals surface area contributed by atoms with Crippen molar-refractivity contribution in [3.8, 4) is 0 Å². The van der Waals surface area contributed by atoms with E-state index in [-0.39, 0.29) is 11.8 Å². The molecule has 3 N–H and O–H groups in total. The molecule has 7 nitrogen and oxygen atoms in total. The molecular formula is C28H30N6OS. The molecule has 1 aliphatic heterocycles. The van der Waals surface area contributed by atoms with Crippen LogP contribution >= 0.6 is 11.8 Å². The van der Waals surface area contributed by atoms with Crippen molar-refractivity contribution < 1.29 is 4.79 Å². The molecule has 0 saturated heterocycles. The third-order valence-electron chi connectivity index (χ3n) is 6.24. The van der Waals surface area contributed by atoms with E-state index in [1.165, 1.54) is 22.9 Å². The van der Waals surface area contributed by atoms with Gasteiger partial charge in [-0.15, -0.1) is 0 Å². The number of nitrogens with zero attached hydrogens (tertiary/aromatic N) is 3.